The van der Waals surface area contributed by atoms with Gasteiger partial charge in [-0.25, -0.2) is 4.98 Å². The van der Waals surface area contributed by atoms with Gasteiger partial charge in [0.15, 0.2) is 4.34 Å². The van der Waals surface area contributed by atoms with Gasteiger partial charge in [-0.05, 0) is 13.8 Å². The minimum atomic E-state index is -0.266. The number of esters is 1. The molecule has 0 amide bonds. The van der Waals surface area contributed by atoms with Crippen LogP contribution in [0.5, 0.6) is 0 Å². The van der Waals surface area contributed by atoms with Crippen molar-refractivity contribution in [3.8, 4) is 6.07 Å². The molecular formula is C10H12N2O2S2. The molecule has 1 atom stereocenters. The van der Waals surface area contributed by atoms with Crippen molar-refractivity contribution in [2.75, 3.05) is 6.61 Å². The summed E-state index contributed by atoms with van der Waals surface area (Å²) in [4.78, 5) is 15.4. The molecule has 0 aromatic carbocycles. The second kappa shape index (κ2) is 6.51. The molecule has 0 aliphatic rings. The Balaban J connectivity index is 2.52. The van der Waals surface area contributed by atoms with Crippen molar-refractivity contribution in [1.82, 2.24) is 4.98 Å². The van der Waals surface area contributed by atoms with Crippen LogP contribution in [0.1, 0.15) is 19.5 Å². The number of nitrogens with zero attached hydrogens (tertiary/aromatic N) is 2. The van der Waals surface area contributed by atoms with E-state index in [2.05, 4.69) is 11.1 Å². The molecule has 0 aliphatic carbocycles. The summed E-state index contributed by atoms with van der Waals surface area (Å²) in [7, 11) is 0. The third-order valence-corrected chi connectivity index (χ3v) is 3.63. The fourth-order valence-electron chi connectivity index (χ4n) is 0.961. The minimum absolute atomic E-state index is 0.124. The van der Waals surface area contributed by atoms with E-state index in [0.29, 0.717) is 12.3 Å². The molecule has 86 valence electrons. The lowest BCUT2D eigenvalue weighted by atomic mass is 10.3. The van der Waals surface area contributed by atoms with E-state index in [1.807, 2.05) is 12.3 Å². The van der Waals surface area contributed by atoms with Gasteiger partial charge >= 0.3 is 5.97 Å². The molecule has 4 nitrogen and oxygen atoms in total. The molecule has 1 aromatic rings. The molecule has 0 unspecified atom stereocenters. The van der Waals surface area contributed by atoms with Gasteiger partial charge in [-0.15, -0.1) is 11.3 Å². The van der Waals surface area contributed by atoms with Crippen LogP contribution in [-0.2, 0) is 16.0 Å². The third kappa shape index (κ3) is 4.21. The van der Waals surface area contributed by atoms with E-state index in [1.165, 1.54) is 23.1 Å². The average Bonchev–Trinajstić information content (AvgIpc) is 2.65. The van der Waals surface area contributed by atoms with Gasteiger partial charge in [0.05, 0.1) is 30.0 Å². The molecule has 0 saturated carbocycles. The van der Waals surface area contributed by atoms with Crippen molar-refractivity contribution in [3.63, 3.8) is 0 Å². The first kappa shape index (κ1) is 13.0. The van der Waals surface area contributed by atoms with Crippen molar-refractivity contribution in [2.24, 2.45) is 0 Å². The van der Waals surface area contributed by atoms with Gasteiger partial charge in [-0.1, -0.05) is 11.8 Å². The van der Waals surface area contributed by atoms with Crippen molar-refractivity contribution in [3.05, 3.63) is 11.1 Å². The zero-order valence-corrected chi connectivity index (χ0v) is 10.7. The Morgan fingerprint density at radius 3 is 3.19 bits per heavy atom. The third-order valence-electron chi connectivity index (χ3n) is 1.62. The van der Waals surface area contributed by atoms with Gasteiger partial charge in [0, 0.05) is 5.38 Å². The van der Waals surface area contributed by atoms with Crippen LogP contribution < -0.4 is 0 Å². The van der Waals surface area contributed by atoms with Gasteiger partial charge in [-0.3, -0.25) is 4.79 Å². The summed E-state index contributed by atoms with van der Waals surface area (Å²) in [5.74, 6) is -0.266. The summed E-state index contributed by atoms with van der Waals surface area (Å²) in [6.07, 6.45) is 0.200. The number of thioether (sulfide) groups is 1. The van der Waals surface area contributed by atoms with Crippen LogP contribution in [0.2, 0.25) is 0 Å². The minimum Gasteiger partial charge on any atom is -0.466 e. The van der Waals surface area contributed by atoms with Gasteiger partial charge in [0.25, 0.3) is 0 Å². The highest BCUT2D eigenvalue weighted by molar-refractivity contribution is 8.01. The van der Waals surface area contributed by atoms with Gasteiger partial charge in [0.1, 0.15) is 0 Å². The van der Waals surface area contributed by atoms with Gasteiger partial charge in [0.2, 0.25) is 0 Å². The lowest BCUT2D eigenvalue weighted by Crippen LogP contribution is -2.07. The number of rotatable bonds is 5. The summed E-state index contributed by atoms with van der Waals surface area (Å²) in [6.45, 7) is 3.97. The maximum Gasteiger partial charge on any atom is 0.311 e. The van der Waals surface area contributed by atoms with Crippen LogP contribution in [0.3, 0.4) is 0 Å². The number of hydrogen-bond donors (Lipinski definition) is 0. The van der Waals surface area contributed by atoms with Crippen molar-refractivity contribution >= 4 is 29.1 Å². The van der Waals surface area contributed by atoms with E-state index in [1.54, 1.807) is 6.92 Å². The van der Waals surface area contributed by atoms with Gasteiger partial charge < -0.3 is 4.74 Å². The number of nitriles is 1. The van der Waals surface area contributed by atoms with E-state index in [-0.39, 0.29) is 17.6 Å². The number of carbonyl (C=O) groups excluding carboxylic acids is 1. The van der Waals surface area contributed by atoms with E-state index < -0.39 is 0 Å². The summed E-state index contributed by atoms with van der Waals surface area (Å²) in [5.41, 5.74) is 0.705. The Kier molecular flexibility index (Phi) is 5.29. The van der Waals surface area contributed by atoms with Crippen LogP contribution in [0.4, 0.5) is 0 Å². The smallest absolute Gasteiger partial charge is 0.311 e. The molecule has 0 radical (unpaired) electrons. The summed E-state index contributed by atoms with van der Waals surface area (Å²) in [5, 5.41) is 10.3. The quantitative estimate of drug-likeness (QED) is 0.597. The first-order valence-corrected chi connectivity index (χ1v) is 6.58. The topological polar surface area (TPSA) is 63.0 Å². The number of ether oxygens (including phenoxy) is 1. The van der Waals surface area contributed by atoms with Crippen LogP contribution in [-0.4, -0.2) is 22.8 Å². The van der Waals surface area contributed by atoms with Gasteiger partial charge in [-0.2, -0.15) is 5.26 Å². The molecule has 0 N–H and O–H groups in total. The maximum absolute atomic E-state index is 11.2. The Labute approximate surface area is 103 Å². The second-order valence-electron chi connectivity index (χ2n) is 2.98. The SMILES string of the molecule is CCOC(=O)Cc1csc(S[C@H](C)C#N)n1. The Morgan fingerprint density at radius 1 is 1.81 bits per heavy atom. The molecule has 0 saturated heterocycles. The number of thiazole rings is 1. The lowest BCUT2D eigenvalue weighted by Gasteiger charge is -1.98. The fourth-order valence-corrected chi connectivity index (χ4v) is 2.83. The molecule has 0 bridgehead atoms. The second-order valence-corrected chi connectivity index (χ2v) is 5.42. The first-order valence-electron chi connectivity index (χ1n) is 4.82. The molecule has 1 heterocycles. The van der Waals surface area contributed by atoms with Crippen molar-refractivity contribution in [1.29, 1.82) is 5.26 Å². The predicted molar refractivity (Wildman–Crippen MR) is 63.4 cm³/mol. The summed E-state index contributed by atoms with van der Waals surface area (Å²) < 4.78 is 5.64. The molecule has 16 heavy (non-hydrogen) atoms. The maximum atomic E-state index is 11.2. The Hall–Kier alpha value is -1.06. The summed E-state index contributed by atoms with van der Waals surface area (Å²) >= 11 is 2.85. The molecule has 1 rings (SSSR count). The monoisotopic (exact) mass is 256 g/mol. The zero-order chi connectivity index (χ0) is 12.0. The first-order chi connectivity index (χ1) is 7.65. The van der Waals surface area contributed by atoms with E-state index in [0.717, 1.165) is 4.34 Å². The Morgan fingerprint density at radius 2 is 2.56 bits per heavy atom. The van der Waals surface area contributed by atoms with E-state index in [9.17, 15) is 4.79 Å². The molecule has 0 spiro atoms. The van der Waals surface area contributed by atoms with Crippen LogP contribution in [0.25, 0.3) is 0 Å². The van der Waals surface area contributed by atoms with E-state index >= 15 is 0 Å². The largest absolute Gasteiger partial charge is 0.466 e. The molecule has 6 heteroatoms. The van der Waals surface area contributed by atoms with Crippen LogP contribution >= 0.6 is 23.1 Å². The number of carbonyl (C=O) groups is 1. The standard InChI is InChI=1S/C10H12N2O2S2/c1-3-14-9(13)4-8-6-15-10(12-8)16-7(2)5-11/h6-7H,3-4H2,1-2H3/t7-/m1/s1. The van der Waals surface area contributed by atoms with Crippen molar-refractivity contribution in [2.45, 2.75) is 29.9 Å². The molecule has 0 fully saturated rings. The highest BCUT2D eigenvalue weighted by Crippen LogP contribution is 2.26. The predicted octanol–water partition coefficient (Wildman–Crippen LogP) is 2.25. The average molecular weight is 256 g/mol. The molecule has 0 aliphatic heterocycles. The normalized spacial score (nSPS) is 11.8. The highest BCUT2D eigenvalue weighted by Gasteiger charge is 2.10. The molecular weight excluding hydrogens is 244 g/mol. The van der Waals surface area contributed by atoms with Crippen LogP contribution in [0, 0.1) is 11.3 Å². The molecule has 1 aromatic heterocycles. The van der Waals surface area contributed by atoms with E-state index in [4.69, 9.17) is 10.00 Å². The highest BCUT2D eigenvalue weighted by atomic mass is 32.2. The van der Waals surface area contributed by atoms with Crippen LogP contribution in [0.15, 0.2) is 9.72 Å². The fraction of sp³-hybridized carbons (Fsp3) is 0.500. The number of aromatic nitrogens is 1. The lowest BCUT2D eigenvalue weighted by molar-refractivity contribution is -0.142. The zero-order valence-electron chi connectivity index (χ0n) is 9.10. The number of hydrogen-bond acceptors (Lipinski definition) is 6. The Bertz CT molecular complexity index is 398. The van der Waals surface area contributed by atoms with Crippen molar-refractivity contribution < 1.29 is 9.53 Å². The summed E-state index contributed by atoms with van der Waals surface area (Å²) in [6, 6.07) is 2.12.